The Hall–Kier alpha value is -1.71. The van der Waals surface area contributed by atoms with Crippen LogP contribution in [0.4, 0.5) is 0 Å². The molecule has 2 atom stereocenters. The third-order valence-corrected chi connectivity index (χ3v) is 4.76. The number of hydrogen-bond donors (Lipinski definition) is 0. The van der Waals surface area contributed by atoms with Crippen molar-refractivity contribution in [2.45, 2.75) is 13.0 Å². The molecular weight excluding hydrogens is 321 g/mol. The highest BCUT2D eigenvalue weighted by molar-refractivity contribution is 6.42. The summed E-state index contributed by atoms with van der Waals surface area (Å²) in [6, 6.07) is 5.58. The van der Waals surface area contributed by atoms with E-state index in [1.54, 1.807) is 6.07 Å². The van der Waals surface area contributed by atoms with Crippen LogP contribution in [-0.2, 0) is 16.6 Å². The first-order valence-corrected chi connectivity index (χ1v) is 7.65. The molecule has 0 radical (unpaired) electrons. The molecule has 0 aliphatic carbocycles. The van der Waals surface area contributed by atoms with Crippen molar-refractivity contribution in [1.29, 1.82) is 0 Å². The molecule has 5 heteroatoms. The molecule has 1 aromatic carbocycles. The predicted octanol–water partition coefficient (Wildman–Crippen LogP) is 4.79. The highest BCUT2D eigenvalue weighted by atomic mass is 35.5. The average molecular weight is 336 g/mol. The summed E-state index contributed by atoms with van der Waals surface area (Å²) in [5.41, 5.74) is 3.24. The topological polar surface area (TPSA) is 31.2 Å². The Morgan fingerprint density at radius 2 is 1.95 bits per heavy atom. The van der Waals surface area contributed by atoms with Crippen LogP contribution in [0, 0.1) is 5.92 Å². The first-order chi connectivity index (χ1) is 10.4. The minimum Gasteiger partial charge on any atom is -0.453 e. The summed E-state index contributed by atoms with van der Waals surface area (Å²) >= 11 is 12.4. The van der Waals surface area contributed by atoms with Crippen molar-refractivity contribution in [3.8, 4) is 11.1 Å². The molecule has 1 fully saturated rings. The summed E-state index contributed by atoms with van der Waals surface area (Å²) in [5, 5.41) is 0.914. The number of benzene rings is 1. The van der Waals surface area contributed by atoms with Gasteiger partial charge in [-0.05, 0) is 29.3 Å². The van der Waals surface area contributed by atoms with Crippen molar-refractivity contribution in [3.05, 3.63) is 58.4 Å². The lowest BCUT2D eigenvalue weighted by Crippen LogP contribution is -2.06. The molecule has 0 spiro atoms. The summed E-state index contributed by atoms with van der Waals surface area (Å²) in [4.78, 5) is 11.8. The van der Waals surface area contributed by atoms with Crippen LogP contribution in [0.15, 0.2) is 42.7 Å². The number of halogens is 2. The Morgan fingerprint density at radius 3 is 2.50 bits per heavy atom. The number of aryl methyl sites for hydroxylation is 1. The van der Waals surface area contributed by atoms with E-state index in [1.807, 2.05) is 43.1 Å². The van der Waals surface area contributed by atoms with E-state index >= 15 is 0 Å². The third-order valence-electron chi connectivity index (χ3n) is 4.04. The number of esters is 1. The van der Waals surface area contributed by atoms with E-state index in [4.69, 9.17) is 27.9 Å². The van der Waals surface area contributed by atoms with Gasteiger partial charge in [-0.15, -0.1) is 0 Å². The first kappa shape index (κ1) is 15.2. The fraction of sp³-hybridized carbons (Fsp3) is 0.235. The summed E-state index contributed by atoms with van der Waals surface area (Å²) in [6.45, 7) is 5.73. The van der Waals surface area contributed by atoms with E-state index in [0.717, 1.165) is 16.7 Å². The summed E-state index contributed by atoms with van der Waals surface area (Å²) in [6.07, 6.45) is 3.54. The van der Waals surface area contributed by atoms with Gasteiger partial charge >= 0.3 is 5.97 Å². The number of nitrogens with zero attached hydrogens (tertiary/aromatic N) is 1. The molecule has 3 nitrogen and oxygen atoms in total. The maximum atomic E-state index is 11.8. The van der Waals surface area contributed by atoms with Gasteiger partial charge in [0.25, 0.3) is 0 Å². The van der Waals surface area contributed by atoms with Gasteiger partial charge in [0.2, 0.25) is 0 Å². The van der Waals surface area contributed by atoms with E-state index in [2.05, 4.69) is 6.58 Å². The van der Waals surface area contributed by atoms with Crippen LogP contribution in [0.25, 0.3) is 11.1 Å². The number of aromatic nitrogens is 1. The van der Waals surface area contributed by atoms with Gasteiger partial charge in [0.05, 0.1) is 10.0 Å². The van der Waals surface area contributed by atoms with E-state index in [-0.39, 0.29) is 11.9 Å². The van der Waals surface area contributed by atoms with Crippen molar-refractivity contribution in [2.75, 3.05) is 0 Å². The number of rotatable bonds is 2. The minimum atomic E-state index is -0.398. The van der Waals surface area contributed by atoms with Gasteiger partial charge in [-0.25, -0.2) is 4.79 Å². The van der Waals surface area contributed by atoms with Crippen LogP contribution in [0.3, 0.4) is 0 Å². The minimum absolute atomic E-state index is 0.104. The Morgan fingerprint density at radius 1 is 1.27 bits per heavy atom. The summed E-state index contributed by atoms with van der Waals surface area (Å²) in [5.74, 6) is -0.463. The lowest BCUT2D eigenvalue weighted by atomic mass is 9.89. The summed E-state index contributed by atoms with van der Waals surface area (Å²) in [7, 11) is 1.95. The van der Waals surface area contributed by atoms with Crippen LogP contribution in [0.1, 0.15) is 18.6 Å². The second kappa shape index (κ2) is 5.49. The molecule has 3 rings (SSSR count). The van der Waals surface area contributed by atoms with Gasteiger partial charge < -0.3 is 9.30 Å². The molecule has 0 saturated carbocycles. The van der Waals surface area contributed by atoms with Crippen LogP contribution in [0.5, 0.6) is 0 Å². The molecule has 1 aliphatic heterocycles. The molecule has 1 saturated heterocycles. The standard InChI is InChI=1S/C17H15Cl2NO2/c1-9-10(2)17(21)22-16(9)13-7-15(19)14(18)6-12(13)11-4-5-20(3)8-11/h4-9,16H,2H2,1,3H3. The fourth-order valence-electron chi connectivity index (χ4n) is 2.70. The zero-order valence-corrected chi connectivity index (χ0v) is 13.8. The molecule has 22 heavy (non-hydrogen) atoms. The smallest absolute Gasteiger partial charge is 0.334 e. The fourth-order valence-corrected chi connectivity index (χ4v) is 3.04. The van der Waals surface area contributed by atoms with Crippen molar-refractivity contribution >= 4 is 29.2 Å². The zero-order valence-electron chi connectivity index (χ0n) is 12.3. The highest BCUT2D eigenvalue weighted by Crippen LogP contribution is 2.44. The van der Waals surface area contributed by atoms with Crippen molar-refractivity contribution in [2.24, 2.45) is 13.0 Å². The van der Waals surface area contributed by atoms with E-state index < -0.39 is 6.10 Å². The molecule has 1 aliphatic rings. The number of carbonyl (C=O) groups is 1. The molecule has 1 aromatic heterocycles. The lowest BCUT2D eigenvalue weighted by molar-refractivity contribution is -0.139. The maximum absolute atomic E-state index is 11.8. The molecule has 2 heterocycles. The Kier molecular flexibility index (Phi) is 3.79. The molecular formula is C17H15Cl2NO2. The highest BCUT2D eigenvalue weighted by Gasteiger charge is 2.38. The van der Waals surface area contributed by atoms with Crippen molar-refractivity contribution in [3.63, 3.8) is 0 Å². The lowest BCUT2D eigenvalue weighted by Gasteiger charge is -2.19. The Labute approximate surface area is 139 Å². The molecule has 2 unspecified atom stereocenters. The number of ether oxygens (including phenoxy) is 1. The van der Waals surface area contributed by atoms with Gasteiger partial charge in [-0.2, -0.15) is 0 Å². The molecule has 0 bridgehead atoms. The molecule has 0 amide bonds. The van der Waals surface area contributed by atoms with E-state index in [9.17, 15) is 4.79 Å². The largest absolute Gasteiger partial charge is 0.453 e. The normalized spacial score (nSPS) is 21.3. The monoisotopic (exact) mass is 335 g/mol. The first-order valence-electron chi connectivity index (χ1n) is 6.89. The predicted molar refractivity (Wildman–Crippen MR) is 88.0 cm³/mol. The van der Waals surface area contributed by atoms with Gasteiger partial charge in [-0.1, -0.05) is 36.7 Å². The SMILES string of the molecule is C=C1C(=O)OC(c2cc(Cl)c(Cl)cc2-c2ccn(C)c2)C1C. The number of carbonyl (C=O) groups excluding carboxylic acids is 1. The molecule has 2 aromatic rings. The zero-order chi connectivity index (χ0) is 16.0. The van der Waals surface area contributed by atoms with Crippen LogP contribution >= 0.6 is 23.2 Å². The maximum Gasteiger partial charge on any atom is 0.334 e. The van der Waals surface area contributed by atoms with E-state index in [1.165, 1.54) is 0 Å². The second-order valence-corrected chi connectivity index (χ2v) is 6.37. The third kappa shape index (κ3) is 2.44. The molecule has 114 valence electrons. The molecule has 0 N–H and O–H groups in total. The van der Waals surface area contributed by atoms with Crippen LogP contribution in [0.2, 0.25) is 10.0 Å². The Bertz CT molecular complexity index is 779. The number of cyclic esters (lactones) is 1. The quantitative estimate of drug-likeness (QED) is 0.583. The number of hydrogen-bond acceptors (Lipinski definition) is 2. The van der Waals surface area contributed by atoms with Gasteiger partial charge in [0, 0.05) is 36.5 Å². The van der Waals surface area contributed by atoms with Gasteiger partial charge in [-0.3, -0.25) is 0 Å². The Balaban J connectivity index is 2.16. The second-order valence-electron chi connectivity index (χ2n) is 5.56. The van der Waals surface area contributed by atoms with Gasteiger partial charge in [0.15, 0.2) is 0 Å². The van der Waals surface area contributed by atoms with E-state index in [0.29, 0.717) is 15.6 Å². The van der Waals surface area contributed by atoms with Crippen LogP contribution in [-0.4, -0.2) is 10.5 Å². The van der Waals surface area contributed by atoms with Gasteiger partial charge in [0.1, 0.15) is 6.10 Å². The van der Waals surface area contributed by atoms with Crippen LogP contribution < -0.4 is 0 Å². The van der Waals surface area contributed by atoms with Crippen molar-refractivity contribution < 1.29 is 9.53 Å². The van der Waals surface area contributed by atoms with Crippen molar-refractivity contribution in [1.82, 2.24) is 4.57 Å². The average Bonchev–Trinajstić information content (AvgIpc) is 3.01. The summed E-state index contributed by atoms with van der Waals surface area (Å²) < 4.78 is 7.44.